The molecule has 0 fully saturated rings. The van der Waals surface area contributed by atoms with E-state index in [2.05, 4.69) is 20.2 Å². The number of hydrogen-bond acceptors (Lipinski definition) is 7. The molecule has 0 aliphatic rings. The van der Waals surface area contributed by atoms with Gasteiger partial charge in [-0.15, -0.1) is 10.2 Å². The number of nitrogens with zero attached hydrogens (tertiary/aromatic N) is 6. The van der Waals surface area contributed by atoms with Crippen LogP contribution in [0.25, 0.3) is 27.7 Å². The molecule has 0 aliphatic heterocycles. The number of para-hydroxylation sites is 1. The van der Waals surface area contributed by atoms with Crippen molar-refractivity contribution in [3.8, 4) is 0 Å². The Balaban J connectivity index is 1.49. The van der Waals surface area contributed by atoms with Gasteiger partial charge in [-0.05, 0) is 44.2 Å². The summed E-state index contributed by atoms with van der Waals surface area (Å²) in [7, 11) is 1.63. The summed E-state index contributed by atoms with van der Waals surface area (Å²) in [5.74, 6) is 0.288. The summed E-state index contributed by atoms with van der Waals surface area (Å²) < 4.78 is 8.65. The van der Waals surface area contributed by atoms with Crippen molar-refractivity contribution in [3.63, 3.8) is 0 Å². The quantitative estimate of drug-likeness (QED) is 0.418. The number of rotatable bonds is 3. The van der Waals surface area contributed by atoms with Gasteiger partial charge in [-0.2, -0.15) is 0 Å². The fourth-order valence-corrected chi connectivity index (χ4v) is 3.56. The van der Waals surface area contributed by atoms with Crippen molar-refractivity contribution in [2.24, 2.45) is 7.05 Å². The van der Waals surface area contributed by atoms with Gasteiger partial charge >= 0.3 is 5.97 Å². The molecule has 0 unspecified atom stereocenters. The summed E-state index contributed by atoms with van der Waals surface area (Å²) in [5.41, 5.74) is 3.87. The Bertz CT molecular complexity index is 1570. The van der Waals surface area contributed by atoms with E-state index in [0.29, 0.717) is 33.6 Å². The lowest BCUT2D eigenvalue weighted by atomic mass is 10.2. The van der Waals surface area contributed by atoms with E-state index in [-0.39, 0.29) is 12.2 Å². The first kappa shape index (κ1) is 18.9. The average molecular weight is 414 g/mol. The van der Waals surface area contributed by atoms with Crippen LogP contribution in [0.1, 0.15) is 27.6 Å². The summed E-state index contributed by atoms with van der Waals surface area (Å²) in [6.07, 6.45) is 0. The van der Waals surface area contributed by atoms with Gasteiger partial charge in [-0.1, -0.05) is 12.1 Å². The van der Waals surface area contributed by atoms with Gasteiger partial charge in [0, 0.05) is 7.05 Å². The fourth-order valence-electron chi connectivity index (χ4n) is 3.56. The third-order valence-electron chi connectivity index (χ3n) is 5.34. The Labute approximate surface area is 176 Å². The second-order valence-electron chi connectivity index (χ2n) is 7.31. The third-order valence-corrected chi connectivity index (χ3v) is 5.34. The van der Waals surface area contributed by atoms with Crippen LogP contribution >= 0.6 is 0 Å². The monoisotopic (exact) mass is 414 g/mol. The lowest BCUT2D eigenvalue weighted by Crippen LogP contribution is -2.20. The molecule has 2 aromatic carbocycles. The first-order chi connectivity index (χ1) is 14.9. The molecule has 0 saturated carbocycles. The normalized spacial score (nSPS) is 11.5. The van der Waals surface area contributed by atoms with Crippen LogP contribution in [0.2, 0.25) is 0 Å². The predicted molar refractivity (Wildman–Crippen MR) is 114 cm³/mol. The van der Waals surface area contributed by atoms with Gasteiger partial charge in [0.2, 0.25) is 5.78 Å². The van der Waals surface area contributed by atoms with Crippen LogP contribution in [0.4, 0.5) is 0 Å². The zero-order valence-corrected chi connectivity index (χ0v) is 17.2. The molecule has 0 spiro atoms. The van der Waals surface area contributed by atoms with Crippen molar-refractivity contribution in [1.29, 1.82) is 0 Å². The Hall–Kier alpha value is -4.14. The highest BCUT2D eigenvalue weighted by atomic mass is 16.5. The summed E-state index contributed by atoms with van der Waals surface area (Å²) in [5, 5.41) is 8.77. The number of ether oxygens (including phenoxy) is 1. The largest absolute Gasteiger partial charge is 0.454 e. The maximum atomic E-state index is 12.7. The van der Waals surface area contributed by atoms with Gasteiger partial charge in [0.25, 0.3) is 5.56 Å². The highest BCUT2D eigenvalue weighted by Gasteiger charge is 2.17. The number of aryl methyl sites for hydroxylation is 3. The van der Waals surface area contributed by atoms with Crippen molar-refractivity contribution in [2.75, 3.05) is 0 Å². The van der Waals surface area contributed by atoms with Crippen molar-refractivity contribution < 1.29 is 9.53 Å². The summed E-state index contributed by atoms with van der Waals surface area (Å²) in [6, 6.07) is 12.3. The molecule has 9 heteroatoms. The third kappa shape index (κ3) is 3.02. The first-order valence-corrected chi connectivity index (χ1v) is 9.68. The van der Waals surface area contributed by atoms with Gasteiger partial charge < -0.3 is 4.74 Å². The minimum atomic E-state index is -0.507. The predicted octanol–water partition coefficient (Wildman–Crippen LogP) is 2.50. The number of benzene rings is 2. The Morgan fingerprint density at radius 1 is 1.00 bits per heavy atom. The van der Waals surface area contributed by atoms with Gasteiger partial charge in [-0.25, -0.2) is 14.8 Å². The molecule has 9 nitrogen and oxygen atoms in total. The molecular formula is C22H18N6O3. The lowest BCUT2D eigenvalue weighted by Gasteiger charge is -2.09. The molecule has 0 atom stereocenters. The smallest absolute Gasteiger partial charge is 0.338 e. The Kier molecular flexibility index (Phi) is 4.25. The van der Waals surface area contributed by atoms with Crippen molar-refractivity contribution in [3.05, 3.63) is 75.6 Å². The molecule has 5 aromatic rings. The molecule has 0 bridgehead atoms. The van der Waals surface area contributed by atoms with Crippen LogP contribution in [0, 0.1) is 13.8 Å². The molecule has 31 heavy (non-hydrogen) atoms. The second kappa shape index (κ2) is 6.98. The fraction of sp³-hybridized carbons (Fsp3) is 0.182. The van der Waals surface area contributed by atoms with E-state index >= 15 is 0 Å². The lowest BCUT2D eigenvalue weighted by molar-refractivity contribution is 0.0461. The van der Waals surface area contributed by atoms with E-state index in [1.54, 1.807) is 41.8 Å². The SMILES string of the molecule is Cc1nc2ccc(C(=O)OCc3nnc4n(C)c(=O)c5ccccc5n34)cc2nc1C. The Morgan fingerprint density at radius 2 is 1.74 bits per heavy atom. The topological polar surface area (TPSA) is 104 Å². The average Bonchev–Trinajstić information content (AvgIpc) is 3.20. The molecule has 154 valence electrons. The van der Waals surface area contributed by atoms with Crippen molar-refractivity contribution in [2.45, 2.75) is 20.5 Å². The zero-order chi connectivity index (χ0) is 21.7. The van der Waals surface area contributed by atoms with Crippen LogP contribution in [-0.4, -0.2) is 35.1 Å². The molecule has 0 saturated heterocycles. The zero-order valence-electron chi connectivity index (χ0n) is 17.2. The van der Waals surface area contributed by atoms with E-state index in [0.717, 1.165) is 16.9 Å². The minimum Gasteiger partial charge on any atom is -0.454 e. The number of carbonyl (C=O) groups is 1. The van der Waals surface area contributed by atoms with E-state index < -0.39 is 5.97 Å². The highest BCUT2D eigenvalue weighted by molar-refractivity contribution is 5.93. The van der Waals surface area contributed by atoms with Crippen LogP contribution in [0.15, 0.2) is 47.3 Å². The number of esters is 1. The highest BCUT2D eigenvalue weighted by Crippen LogP contribution is 2.17. The number of hydrogen-bond donors (Lipinski definition) is 0. The summed E-state index contributed by atoms with van der Waals surface area (Å²) in [4.78, 5) is 34.2. The van der Waals surface area contributed by atoms with Crippen molar-refractivity contribution in [1.82, 2.24) is 29.1 Å². The minimum absolute atomic E-state index is 0.0984. The first-order valence-electron chi connectivity index (χ1n) is 9.68. The van der Waals surface area contributed by atoms with E-state index in [4.69, 9.17) is 4.74 Å². The molecule has 0 amide bonds. The Morgan fingerprint density at radius 3 is 2.55 bits per heavy atom. The molecule has 0 N–H and O–H groups in total. The molecule has 5 rings (SSSR count). The standard InChI is InChI=1S/C22H18N6O3/c1-12-13(2)24-17-10-14(8-9-16(17)23-12)21(30)31-11-19-25-26-22-27(3)20(29)15-6-4-5-7-18(15)28(19)22/h4-10H,11H2,1-3H3. The second-order valence-corrected chi connectivity index (χ2v) is 7.31. The summed E-state index contributed by atoms with van der Waals surface area (Å²) in [6.45, 7) is 3.67. The maximum Gasteiger partial charge on any atom is 0.338 e. The molecule has 3 heterocycles. The number of aromatic nitrogens is 6. The van der Waals surface area contributed by atoms with Crippen LogP contribution in [-0.2, 0) is 18.4 Å². The van der Waals surface area contributed by atoms with Gasteiger partial charge in [-0.3, -0.25) is 13.8 Å². The van der Waals surface area contributed by atoms with Gasteiger partial charge in [0.1, 0.15) is 0 Å². The van der Waals surface area contributed by atoms with Gasteiger partial charge in [0.05, 0.1) is 38.9 Å². The van der Waals surface area contributed by atoms with Crippen LogP contribution < -0.4 is 5.56 Å². The number of fused-ring (bicyclic) bond motifs is 4. The van der Waals surface area contributed by atoms with Gasteiger partial charge in [0.15, 0.2) is 12.4 Å². The molecule has 0 aliphatic carbocycles. The molecule has 0 radical (unpaired) electrons. The molecular weight excluding hydrogens is 396 g/mol. The molecule has 3 aromatic heterocycles. The van der Waals surface area contributed by atoms with E-state index in [1.165, 1.54) is 4.57 Å². The van der Waals surface area contributed by atoms with Crippen molar-refractivity contribution >= 4 is 33.7 Å². The maximum absolute atomic E-state index is 12.7. The van der Waals surface area contributed by atoms with Crippen LogP contribution in [0.5, 0.6) is 0 Å². The number of carbonyl (C=O) groups excluding carboxylic acids is 1. The van der Waals surface area contributed by atoms with E-state index in [9.17, 15) is 9.59 Å². The summed E-state index contributed by atoms with van der Waals surface area (Å²) >= 11 is 0. The van der Waals surface area contributed by atoms with Crippen LogP contribution in [0.3, 0.4) is 0 Å². The van der Waals surface area contributed by atoms with E-state index in [1.807, 2.05) is 26.0 Å².